The molecule has 2 aromatic carbocycles. The lowest BCUT2D eigenvalue weighted by Gasteiger charge is -2.29. The van der Waals surface area contributed by atoms with Crippen LogP contribution < -0.4 is 5.32 Å². The first-order valence-corrected chi connectivity index (χ1v) is 12.3. The number of benzene rings is 2. The number of thioether (sulfide) groups is 1. The Morgan fingerprint density at radius 3 is 2.45 bits per heavy atom. The molecule has 4 nitrogen and oxygen atoms in total. The maximum absolute atomic E-state index is 14.0. The molecule has 2 amide bonds. The maximum Gasteiger partial charge on any atom is 0.242 e. The Labute approximate surface area is 201 Å². The van der Waals surface area contributed by atoms with E-state index in [0.717, 1.165) is 10.0 Å². The van der Waals surface area contributed by atoms with Crippen LogP contribution in [0.4, 0.5) is 4.39 Å². The lowest BCUT2D eigenvalue weighted by atomic mass is 10.1. The monoisotopic (exact) mass is 528 g/mol. The second kappa shape index (κ2) is 12.5. The Morgan fingerprint density at radius 2 is 1.84 bits per heavy atom. The molecule has 0 saturated heterocycles. The van der Waals surface area contributed by atoms with Crippen LogP contribution in [0.5, 0.6) is 0 Å². The topological polar surface area (TPSA) is 49.4 Å². The van der Waals surface area contributed by atoms with Crippen LogP contribution in [-0.4, -0.2) is 35.1 Å². The van der Waals surface area contributed by atoms with Gasteiger partial charge in [0.1, 0.15) is 11.9 Å². The van der Waals surface area contributed by atoms with Gasteiger partial charge in [0, 0.05) is 33.9 Å². The first-order chi connectivity index (χ1) is 14.7. The van der Waals surface area contributed by atoms with Gasteiger partial charge in [0.15, 0.2) is 0 Å². The summed E-state index contributed by atoms with van der Waals surface area (Å²) in [6, 6.07) is 11.5. The van der Waals surface area contributed by atoms with E-state index in [0.29, 0.717) is 29.6 Å². The summed E-state index contributed by atoms with van der Waals surface area (Å²) in [5.41, 5.74) is 1.30. The molecule has 2 aromatic rings. The number of amides is 2. The predicted molar refractivity (Wildman–Crippen MR) is 130 cm³/mol. The normalized spacial score (nSPS) is 12.0. The number of carbonyl (C=O) groups excluding carboxylic acids is 2. The van der Waals surface area contributed by atoms with Crippen molar-refractivity contribution in [1.82, 2.24) is 10.2 Å². The molecule has 168 valence electrons. The van der Waals surface area contributed by atoms with Crippen LogP contribution in [0.1, 0.15) is 31.9 Å². The standard InChI is InChI=1S/C23H27BrClFN2O2S/c1-15(2)11-27-23(30)16(3)28(12-17-7-9-18(24)10-8-17)22(29)14-31-13-19-20(25)5-4-6-21(19)26/h4-10,15-16H,11-14H2,1-3H3,(H,27,30). The third-order valence-corrected chi connectivity index (χ3v) is 6.48. The van der Waals surface area contributed by atoms with E-state index < -0.39 is 6.04 Å². The molecule has 0 aromatic heterocycles. The van der Waals surface area contributed by atoms with Gasteiger partial charge in [0.25, 0.3) is 0 Å². The summed E-state index contributed by atoms with van der Waals surface area (Å²) in [5, 5.41) is 3.24. The minimum Gasteiger partial charge on any atom is -0.354 e. The number of rotatable bonds is 10. The molecule has 1 N–H and O–H groups in total. The minimum absolute atomic E-state index is 0.114. The highest BCUT2D eigenvalue weighted by molar-refractivity contribution is 9.10. The van der Waals surface area contributed by atoms with Crippen molar-refractivity contribution in [1.29, 1.82) is 0 Å². The molecule has 8 heteroatoms. The Balaban J connectivity index is 2.09. The molecule has 0 heterocycles. The summed E-state index contributed by atoms with van der Waals surface area (Å²) in [6.07, 6.45) is 0. The molecule has 0 spiro atoms. The largest absolute Gasteiger partial charge is 0.354 e. The molecule has 0 saturated carbocycles. The van der Waals surface area contributed by atoms with Crippen molar-refractivity contribution in [2.24, 2.45) is 5.92 Å². The molecular weight excluding hydrogens is 503 g/mol. The van der Waals surface area contributed by atoms with Gasteiger partial charge >= 0.3 is 0 Å². The zero-order chi connectivity index (χ0) is 23.0. The van der Waals surface area contributed by atoms with Crippen molar-refractivity contribution in [2.75, 3.05) is 12.3 Å². The molecule has 0 radical (unpaired) electrons. The third-order valence-electron chi connectivity index (χ3n) is 4.65. The molecular formula is C23H27BrClFN2O2S. The SMILES string of the molecule is CC(C)CNC(=O)C(C)N(Cc1ccc(Br)cc1)C(=O)CSCc1c(F)cccc1Cl. The van der Waals surface area contributed by atoms with Crippen LogP contribution in [0.25, 0.3) is 0 Å². The molecule has 0 aliphatic heterocycles. The second-order valence-electron chi connectivity index (χ2n) is 7.66. The van der Waals surface area contributed by atoms with Crippen molar-refractivity contribution in [3.05, 3.63) is 68.9 Å². The smallest absolute Gasteiger partial charge is 0.242 e. The number of hydrogen-bond acceptors (Lipinski definition) is 3. The van der Waals surface area contributed by atoms with Crippen molar-refractivity contribution in [3.8, 4) is 0 Å². The van der Waals surface area contributed by atoms with Crippen molar-refractivity contribution in [3.63, 3.8) is 0 Å². The van der Waals surface area contributed by atoms with Crippen LogP contribution in [0.15, 0.2) is 46.9 Å². The first-order valence-electron chi connectivity index (χ1n) is 10.0. The summed E-state index contributed by atoms with van der Waals surface area (Å²) < 4.78 is 14.9. The van der Waals surface area contributed by atoms with Gasteiger partial charge in [-0.05, 0) is 42.7 Å². The molecule has 0 aliphatic rings. The van der Waals surface area contributed by atoms with Gasteiger partial charge in [0.2, 0.25) is 11.8 Å². The minimum atomic E-state index is -0.632. The van der Waals surface area contributed by atoms with E-state index in [2.05, 4.69) is 21.2 Å². The number of nitrogens with one attached hydrogen (secondary N) is 1. The van der Waals surface area contributed by atoms with Crippen molar-refractivity contribution in [2.45, 2.75) is 39.1 Å². The molecule has 2 rings (SSSR count). The van der Waals surface area contributed by atoms with Gasteiger partial charge in [-0.15, -0.1) is 11.8 Å². The zero-order valence-corrected chi connectivity index (χ0v) is 21.0. The third kappa shape index (κ3) is 8.13. The van der Waals surface area contributed by atoms with E-state index in [1.165, 1.54) is 17.8 Å². The van der Waals surface area contributed by atoms with E-state index >= 15 is 0 Å². The van der Waals surface area contributed by atoms with Gasteiger partial charge in [-0.1, -0.05) is 59.6 Å². The molecule has 1 atom stereocenters. The van der Waals surface area contributed by atoms with Crippen LogP contribution in [0.2, 0.25) is 5.02 Å². The van der Waals surface area contributed by atoms with Gasteiger partial charge < -0.3 is 10.2 Å². The number of nitrogens with zero attached hydrogens (tertiary/aromatic N) is 1. The molecule has 0 fully saturated rings. The fourth-order valence-electron chi connectivity index (χ4n) is 2.82. The van der Waals surface area contributed by atoms with E-state index in [1.807, 2.05) is 38.1 Å². The first kappa shape index (κ1) is 25.7. The highest BCUT2D eigenvalue weighted by Crippen LogP contribution is 2.24. The van der Waals surface area contributed by atoms with Gasteiger partial charge in [-0.25, -0.2) is 4.39 Å². The average Bonchev–Trinajstić information content (AvgIpc) is 2.73. The lowest BCUT2D eigenvalue weighted by Crippen LogP contribution is -2.48. The number of halogens is 3. The van der Waals surface area contributed by atoms with E-state index in [1.54, 1.807) is 24.0 Å². The Hall–Kier alpha value is -1.57. The van der Waals surface area contributed by atoms with Crippen molar-refractivity contribution < 1.29 is 14.0 Å². The van der Waals surface area contributed by atoms with Crippen LogP contribution in [0.3, 0.4) is 0 Å². The fraction of sp³-hybridized carbons (Fsp3) is 0.391. The quantitative estimate of drug-likeness (QED) is 0.432. The fourth-order valence-corrected chi connectivity index (χ4v) is 4.33. The van der Waals surface area contributed by atoms with Crippen LogP contribution in [0, 0.1) is 11.7 Å². The van der Waals surface area contributed by atoms with E-state index in [-0.39, 0.29) is 29.1 Å². The van der Waals surface area contributed by atoms with Crippen LogP contribution >= 0.6 is 39.3 Å². The molecule has 31 heavy (non-hydrogen) atoms. The van der Waals surface area contributed by atoms with Gasteiger partial charge in [-0.2, -0.15) is 0 Å². The Bertz CT molecular complexity index is 875. The van der Waals surface area contributed by atoms with Crippen LogP contribution in [-0.2, 0) is 21.9 Å². The summed E-state index contributed by atoms with van der Waals surface area (Å²) >= 11 is 10.8. The number of hydrogen-bond donors (Lipinski definition) is 1. The van der Waals surface area contributed by atoms with Gasteiger partial charge in [-0.3, -0.25) is 9.59 Å². The average molecular weight is 530 g/mol. The Kier molecular flexibility index (Phi) is 10.3. The van der Waals surface area contributed by atoms with E-state index in [9.17, 15) is 14.0 Å². The summed E-state index contributed by atoms with van der Waals surface area (Å²) in [7, 11) is 0. The summed E-state index contributed by atoms with van der Waals surface area (Å²) in [4.78, 5) is 27.2. The zero-order valence-electron chi connectivity index (χ0n) is 17.8. The molecule has 0 bridgehead atoms. The second-order valence-corrected chi connectivity index (χ2v) is 9.96. The highest BCUT2D eigenvalue weighted by atomic mass is 79.9. The van der Waals surface area contributed by atoms with Gasteiger partial charge in [0.05, 0.1) is 5.75 Å². The predicted octanol–water partition coefficient (Wildman–Crippen LogP) is 5.66. The maximum atomic E-state index is 14.0. The number of carbonyl (C=O) groups is 2. The lowest BCUT2D eigenvalue weighted by molar-refractivity contribution is -0.138. The molecule has 1 unspecified atom stereocenters. The van der Waals surface area contributed by atoms with E-state index in [4.69, 9.17) is 11.6 Å². The molecule has 0 aliphatic carbocycles. The Morgan fingerprint density at radius 1 is 1.16 bits per heavy atom. The summed E-state index contributed by atoms with van der Waals surface area (Å²) in [5.74, 6) is -0.0670. The highest BCUT2D eigenvalue weighted by Gasteiger charge is 2.26. The summed E-state index contributed by atoms with van der Waals surface area (Å²) in [6.45, 7) is 6.61. The van der Waals surface area contributed by atoms with Crippen molar-refractivity contribution >= 4 is 51.1 Å².